The molecule has 0 saturated heterocycles. The van der Waals surface area contributed by atoms with Gasteiger partial charge in [0.05, 0.1) is 12.4 Å². The molecule has 3 rings (SSSR count). The zero-order chi connectivity index (χ0) is 24.7. The highest BCUT2D eigenvalue weighted by Crippen LogP contribution is 2.49. The minimum absolute atomic E-state index is 0.0508. The molecule has 2 saturated carbocycles. The first-order chi connectivity index (χ1) is 16.2. The molecule has 5 heteroatoms. The van der Waals surface area contributed by atoms with E-state index in [4.69, 9.17) is 0 Å². The first-order valence-electron chi connectivity index (χ1n) is 12.8. The molecule has 0 radical (unpaired) electrons. The number of nitrogens with zero attached hydrogens (tertiary/aromatic N) is 2. The highest BCUT2D eigenvalue weighted by molar-refractivity contribution is 5.88. The third kappa shape index (κ3) is 7.30. The number of aromatic nitrogens is 2. The molecule has 2 fully saturated rings. The fourth-order valence-corrected chi connectivity index (χ4v) is 5.60. The van der Waals surface area contributed by atoms with E-state index in [1.807, 2.05) is 31.6 Å². The van der Waals surface area contributed by atoms with E-state index in [9.17, 15) is 9.90 Å². The number of carbonyl (C=O) groups is 1. The summed E-state index contributed by atoms with van der Waals surface area (Å²) >= 11 is 0. The second-order valence-electron chi connectivity index (χ2n) is 11.0. The monoisotopic (exact) mass is 465 g/mol. The number of rotatable bonds is 7. The minimum Gasteiger partial charge on any atom is -0.393 e. The van der Waals surface area contributed by atoms with Gasteiger partial charge in [0.25, 0.3) is 0 Å². The van der Waals surface area contributed by atoms with Gasteiger partial charge in [0.1, 0.15) is 0 Å². The van der Waals surface area contributed by atoms with E-state index in [1.54, 1.807) is 6.08 Å². The number of nitrogens with one attached hydrogen (secondary N) is 1. The molecule has 3 atom stereocenters. The van der Waals surface area contributed by atoms with E-state index in [2.05, 4.69) is 67.0 Å². The van der Waals surface area contributed by atoms with Gasteiger partial charge in [0.2, 0.25) is 5.91 Å². The van der Waals surface area contributed by atoms with Crippen molar-refractivity contribution in [1.82, 2.24) is 14.9 Å². The van der Waals surface area contributed by atoms with Crippen molar-refractivity contribution in [3.05, 3.63) is 66.3 Å². The van der Waals surface area contributed by atoms with E-state index in [0.717, 1.165) is 31.3 Å². The molecular weight excluding hydrogens is 422 g/mol. The van der Waals surface area contributed by atoms with E-state index >= 15 is 0 Å². The Kier molecular flexibility index (Phi) is 9.12. The minimum atomic E-state index is -0.206. The molecule has 5 nitrogen and oxygen atoms in total. The van der Waals surface area contributed by atoms with Crippen LogP contribution in [-0.4, -0.2) is 32.7 Å². The molecule has 186 valence electrons. The van der Waals surface area contributed by atoms with Crippen LogP contribution in [0.2, 0.25) is 0 Å². The fourth-order valence-electron chi connectivity index (χ4n) is 5.60. The van der Waals surface area contributed by atoms with Crippen LogP contribution in [0.1, 0.15) is 79.2 Å². The molecular formula is C29H43N3O2. The molecule has 1 aromatic heterocycles. The molecule has 0 bridgehead atoms. The van der Waals surface area contributed by atoms with E-state index < -0.39 is 0 Å². The fraction of sp³-hybridized carbons (Fsp3) is 0.586. The first-order valence-corrected chi connectivity index (χ1v) is 12.8. The number of allylic oxidation sites excluding steroid dienone is 7. The van der Waals surface area contributed by atoms with Crippen LogP contribution in [0.25, 0.3) is 0 Å². The molecule has 0 aromatic carbocycles. The van der Waals surface area contributed by atoms with Crippen LogP contribution in [0.5, 0.6) is 0 Å². The van der Waals surface area contributed by atoms with Crippen molar-refractivity contribution < 1.29 is 9.90 Å². The van der Waals surface area contributed by atoms with Crippen LogP contribution in [0.3, 0.4) is 0 Å². The van der Waals surface area contributed by atoms with Crippen molar-refractivity contribution in [2.75, 3.05) is 0 Å². The van der Waals surface area contributed by atoms with Gasteiger partial charge in [-0.1, -0.05) is 56.7 Å². The van der Waals surface area contributed by atoms with Gasteiger partial charge in [0.15, 0.2) is 0 Å². The lowest BCUT2D eigenvalue weighted by atomic mass is 9.62. The third-order valence-corrected chi connectivity index (χ3v) is 7.75. The lowest BCUT2D eigenvalue weighted by molar-refractivity contribution is -0.117. The Hall–Kier alpha value is -2.40. The average molecular weight is 466 g/mol. The van der Waals surface area contributed by atoms with Crippen molar-refractivity contribution >= 4 is 5.91 Å². The number of aliphatic hydroxyl groups is 1. The number of imidazole rings is 1. The molecule has 34 heavy (non-hydrogen) atoms. The van der Waals surface area contributed by atoms with Gasteiger partial charge in [-0.3, -0.25) is 4.79 Å². The number of aliphatic hydroxyl groups excluding tert-OH is 1. The van der Waals surface area contributed by atoms with E-state index in [0.29, 0.717) is 17.9 Å². The van der Waals surface area contributed by atoms with Crippen LogP contribution >= 0.6 is 0 Å². The number of amides is 1. The highest BCUT2D eigenvalue weighted by Gasteiger charge is 2.40. The maximum atomic E-state index is 12.3. The first kappa shape index (κ1) is 26.2. The lowest BCUT2D eigenvalue weighted by Crippen LogP contribution is -2.38. The van der Waals surface area contributed by atoms with Crippen LogP contribution < -0.4 is 5.32 Å². The molecule has 2 N–H and O–H groups in total. The molecule has 3 unspecified atom stereocenters. The summed E-state index contributed by atoms with van der Waals surface area (Å²) in [6.07, 6.45) is 23.7. The van der Waals surface area contributed by atoms with E-state index in [-0.39, 0.29) is 23.5 Å². The normalized spacial score (nSPS) is 30.7. The molecule has 0 spiro atoms. The number of hydrogen-bond acceptors (Lipinski definition) is 3. The molecule has 2 aliphatic carbocycles. The highest BCUT2D eigenvalue weighted by atomic mass is 16.3. The lowest BCUT2D eigenvalue weighted by Gasteiger charge is -2.46. The summed E-state index contributed by atoms with van der Waals surface area (Å²) in [7, 11) is 0. The largest absolute Gasteiger partial charge is 0.393 e. The zero-order valence-corrected chi connectivity index (χ0v) is 21.6. The van der Waals surface area contributed by atoms with Crippen molar-refractivity contribution in [2.45, 2.75) is 91.3 Å². The maximum Gasteiger partial charge on any atom is 0.244 e. The summed E-state index contributed by atoms with van der Waals surface area (Å²) in [5.74, 6) is 0.978. The molecule has 0 aliphatic heterocycles. The smallest absolute Gasteiger partial charge is 0.244 e. The molecule has 2 aliphatic rings. The maximum absolute atomic E-state index is 12.3. The predicted octanol–water partition coefficient (Wildman–Crippen LogP) is 5.92. The van der Waals surface area contributed by atoms with Crippen molar-refractivity contribution in [3.8, 4) is 0 Å². The van der Waals surface area contributed by atoms with E-state index in [1.165, 1.54) is 18.4 Å². The summed E-state index contributed by atoms with van der Waals surface area (Å²) in [4.78, 5) is 16.5. The van der Waals surface area contributed by atoms with Gasteiger partial charge < -0.3 is 15.0 Å². The van der Waals surface area contributed by atoms with Crippen LogP contribution in [0.4, 0.5) is 0 Å². The SMILES string of the molecule is CC(/C=C/C1C(C)C(n2ccnc2)CCC1(C)C)=C\C=C\C(C)=C\C(=O)NC1CCC(O)CC1. The number of carbonyl (C=O) groups excluding carboxylic acids is 1. The van der Waals surface area contributed by atoms with Crippen LogP contribution in [-0.2, 0) is 4.79 Å². The summed E-state index contributed by atoms with van der Waals surface area (Å²) < 4.78 is 2.27. The molecule has 1 heterocycles. The Morgan fingerprint density at radius 2 is 1.85 bits per heavy atom. The van der Waals surface area contributed by atoms with Crippen molar-refractivity contribution in [3.63, 3.8) is 0 Å². The second kappa shape index (κ2) is 11.8. The average Bonchev–Trinajstić information content (AvgIpc) is 3.29. The standard InChI is InChI=1S/C29H43N3O2/c1-21(7-6-8-22(2)19-28(34)31-24-10-12-25(33)13-11-24)9-14-26-23(3)27(15-16-29(26,4)5)32-18-17-30-20-32/h6-9,14,17-20,23-27,33H,10-13,15-16H2,1-5H3,(H,31,34)/b8-6+,14-9+,21-7+,22-19+. The quantitative estimate of drug-likeness (QED) is 0.388. The van der Waals surface area contributed by atoms with Gasteiger partial charge in [-0.05, 0) is 75.2 Å². The summed E-state index contributed by atoms with van der Waals surface area (Å²) in [5.41, 5.74) is 2.39. The molecule has 1 aromatic rings. The van der Waals surface area contributed by atoms with Gasteiger partial charge in [-0.2, -0.15) is 0 Å². The van der Waals surface area contributed by atoms with Gasteiger partial charge in [-0.25, -0.2) is 4.98 Å². The van der Waals surface area contributed by atoms with Gasteiger partial charge in [0, 0.05) is 30.6 Å². The Labute approximate surface area is 205 Å². The second-order valence-corrected chi connectivity index (χ2v) is 11.0. The Bertz CT molecular complexity index is 915. The Balaban J connectivity index is 1.56. The molecule has 1 amide bonds. The Morgan fingerprint density at radius 1 is 1.12 bits per heavy atom. The Morgan fingerprint density at radius 3 is 2.53 bits per heavy atom. The van der Waals surface area contributed by atoms with Crippen LogP contribution in [0.15, 0.2) is 66.3 Å². The van der Waals surface area contributed by atoms with Crippen molar-refractivity contribution in [1.29, 1.82) is 0 Å². The van der Waals surface area contributed by atoms with Gasteiger partial charge in [-0.15, -0.1) is 0 Å². The number of hydrogen-bond donors (Lipinski definition) is 2. The zero-order valence-electron chi connectivity index (χ0n) is 21.6. The summed E-state index contributed by atoms with van der Waals surface area (Å²) in [6, 6.07) is 0.669. The third-order valence-electron chi connectivity index (χ3n) is 7.75. The summed E-state index contributed by atoms with van der Waals surface area (Å²) in [5, 5.41) is 12.7. The predicted molar refractivity (Wildman–Crippen MR) is 139 cm³/mol. The topological polar surface area (TPSA) is 67.2 Å². The van der Waals surface area contributed by atoms with Gasteiger partial charge >= 0.3 is 0 Å². The van der Waals surface area contributed by atoms with Crippen LogP contribution in [0, 0.1) is 17.3 Å². The summed E-state index contributed by atoms with van der Waals surface area (Å²) in [6.45, 7) is 11.2. The van der Waals surface area contributed by atoms with Crippen molar-refractivity contribution in [2.24, 2.45) is 17.3 Å².